The molecule has 3 heteroatoms. The van der Waals surface area contributed by atoms with E-state index >= 15 is 0 Å². The number of amides is 1. The van der Waals surface area contributed by atoms with Gasteiger partial charge in [0.2, 0.25) is 0 Å². The Morgan fingerprint density at radius 1 is 1.04 bits per heavy atom. The van der Waals surface area contributed by atoms with E-state index in [1.807, 2.05) is 47.4 Å². The largest absolute Gasteiger partial charge is 0.497 e. The number of nitrogens with zero attached hydrogens (tertiary/aromatic N) is 1. The van der Waals surface area contributed by atoms with Crippen molar-refractivity contribution in [2.24, 2.45) is 0 Å². The highest BCUT2D eigenvalue weighted by Gasteiger charge is 2.37. The summed E-state index contributed by atoms with van der Waals surface area (Å²) >= 11 is 0. The van der Waals surface area contributed by atoms with Crippen molar-refractivity contribution >= 4 is 17.2 Å². The van der Waals surface area contributed by atoms with Crippen LogP contribution in [0.3, 0.4) is 0 Å². The molecular weight excluding hydrogens is 286 g/mol. The maximum absolute atomic E-state index is 13.1. The highest BCUT2D eigenvalue weighted by atomic mass is 16.5. The predicted octanol–water partition coefficient (Wildman–Crippen LogP) is 4.29. The zero-order valence-corrected chi connectivity index (χ0v) is 13.2. The number of anilines is 1. The molecule has 116 valence electrons. The molecule has 0 bridgehead atoms. The fraction of sp³-hybridized carbons (Fsp3) is 0.250. The normalized spacial score (nSPS) is 19.7. The SMILES string of the molecule is COc1ccc(N2C(=O)c3ccccc3C3=CCCC[C@H]32)cc1. The summed E-state index contributed by atoms with van der Waals surface area (Å²) in [6.45, 7) is 0. The summed E-state index contributed by atoms with van der Waals surface area (Å²) in [6.07, 6.45) is 5.52. The number of benzene rings is 2. The molecular formula is C20H19NO2. The summed E-state index contributed by atoms with van der Waals surface area (Å²) in [5, 5.41) is 0. The van der Waals surface area contributed by atoms with E-state index in [4.69, 9.17) is 4.74 Å². The van der Waals surface area contributed by atoms with E-state index in [1.165, 1.54) is 5.57 Å². The third-order valence-electron chi connectivity index (χ3n) is 4.75. The van der Waals surface area contributed by atoms with Crippen molar-refractivity contribution in [2.45, 2.75) is 25.3 Å². The number of carbonyl (C=O) groups is 1. The minimum absolute atomic E-state index is 0.0924. The third kappa shape index (κ3) is 2.24. The quantitative estimate of drug-likeness (QED) is 0.828. The lowest BCUT2D eigenvalue weighted by Gasteiger charge is -2.40. The summed E-state index contributed by atoms with van der Waals surface area (Å²) in [5.41, 5.74) is 4.13. The fourth-order valence-corrected chi connectivity index (χ4v) is 3.65. The van der Waals surface area contributed by atoms with E-state index in [9.17, 15) is 4.79 Å². The van der Waals surface area contributed by atoms with Crippen LogP contribution in [0.5, 0.6) is 5.75 Å². The number of carbonyl (C=O) groups excluding carboxylic acids is 1. The number of rotatable bonds is 2. The third-order valence-corrected chi connectivity index (χ3v) is 4.75. The van der Waals surface area contributed by atoms with Crippen LogP contribution in [-0.4, -0.2) is 19.1 Å². The van der Waals surface area contributed by atoms with Gasteiger partial charge in [-0.3, -0.25) is 4.79 Å². The zero-order valence-electron chi connectivity index (χ0n) is 13.2. The molecule has 1 atom stereocenters. The average molecular weight is 305 g/mol. The number of methoxy groups -OCH3 is 1. The molecule has 1 aliphatic carbocycles. The number of ether oxygens (including phenoxy) is 1. The van der Waals surface area contributed by atoms with Gasteiger partial charge in [0, 0.05) is 11.3 Å². The topological polar surface area (TPSA) is 29.5 Å². The minimum Gasteiger partial charge on any atom is -0.497 e. The Balaban J connectivity index is 1.84. The van der Waals surface area contributed by atoms with E-state index in [1.54, 1.807) is 7.11 Å². The Kier molecular flexibility index (Phi) is 3.41. The van der Waals surface area contributed by atoms with Crippen LogP contribution in [0.1, 0.15) is 35.2 Å². The number of fused-ring (bicyclic) bond motifs is 3. The molecule has 4 rings (SSSR count). The summed E-state index contributed by atoms with van der Waals surface area (Å²) in [5.74, 6) is 0.896. The monoisotopic (exact) mass is 305 g/mol. The molecule has 0 N–H and O–H groups in total. The highest BCUT2D eigenvalue weighted by molar-refractivity contribution is 6.14. The number of hydrogen-bond acceptors (Lipinski definition) is 2. The van der Waals surface area contributed by atoms with Crippen LogP contribution >= 0.6 is 0 Å². The van der Waals surface area contributed by atoms with Gasteiger partial charge < -0.3 is 9.64 Å². The second-order valence-electron chi connectivity index (χ2n) is 6.02. The van der Waals surface area contributed by atoms with Crippen molar-refractivity contribution in [3.8, 4) is 5.75 Å². The van der Waals surface area contributed by atoms with Crippen LogP contribution < -0.4 is 9.64 Å². The van der Waals surface area contributed by atoms with Crippen LogP contribution in [0.4, 0.5) is 5.69 Å². The Labute approximate surface area is 136 Å². The number of allylic oxidation sites excluding steroid dienone is 1. The Morgan fingerprint density at radius 2 is 1.78 bits per heavy atom. The Morgan fingerprint density at radius 3 is 2.52 bits per heavy atom. The lowest BCUT2D eigenvalue weighted by atomic mass is 9.82. The first-order valence-electron chi connectivity index (χ1n) is 8.06. The van der Waals surface area contributed by atoms with E-state index < -0.39 is 0 Å². The van der Waals surface area contributed by atoms with Gasteiger partial charge in [0.05, 0.1) is 13.2 Å². The molecule has 0 saturated heterocycles. The minimum atomic E-state index is 0.0924. The van der Waals surface area contributed by atoms with Crippen LogP contribution in [0.15, 0.2) is 54.6 Å². The zero-order chi connectivity index (χ0) is 15.8. The molecule has 2 aromatic carbocycles. The second kappa shape index (κ2) is 5.58. The molecule has 0 aromatic heterocycles. The molecule has 0 spiro atoms. The molecule has 3 nitrogen and oxygen atoms in total. The molecule has 2 aromatic rings. The smallest absolute Gasteiger partial charge is 0.259 e. The van der Waals surface area contributed by atoms with Gasteiger partial charge in [-0.1, -0.05) is 24.3 Å². The van der Waals surface area contributed by atoms with Crippen molar-refractivity contribution in [3.05, 3.63) is 65.7 Å². The summed E-state index contributed by atoms with van der Waals surface area (Å²) in [4.78, 5) is 15.0. The molecule has 23 heavy (non-hydrogen) atoms. The van der Waals surface area contributed by atoms with Gasteiger partial charge >= 0.3 is 0 Å². The van der Waals surface area contributed by atoms with Crippen LogP contribution in [0.25, 0.3) is 5.57 Å². The summed E-state index contributed by atoms with van der Waals surface area (Å²) in [6, 6.07) is 15.9. The molecule has 0 saturated carbocycles. The fourth-order valence-electron chi connectivity index (χ4n) is 3.65. The van der Waals surface area contributed by atoms with Gasteiger partial charge in [0.1, 0.15) is 5.75 Å². The Hall–Kier alpha value is -2.55. The van der Waals surface area contributed by atoms with Gasteiger partial charge in [0.25, 0.3) is 5.91 Å². The van der Waals surface area contributed by atoms with E-state index in [2.05, 4.69) is 12.1 Å². The highest BCUT2D eigenvalue weighted by Crippen LogP contribution is 2.40. The van der Waals surface area contributed by atoms with Gasteiger partial charge in [-0.25, -0.2) is 0 Å². The van der Waals surface area contributed by atoms with Gasteiger partial charge in [-0.2, -0.15) is 0 Å². The molecule has 1 amide bonds. The van der Waals surface area contributed by atoms with Crippen molar-refractivity contribution in [1.29, 1.82) is 0 Å². The average Bonchev–Trinajstić information content (AvgIpc) is 2.63. The van der Waals surface area contributed by atoms with Crippen LogP contribution in [0, 0.1) is 0 Å². The molecule has 0 unspecified atom stereocenters. The van der Waals surface area contributed by atoms with Crippen LogP contribution in [-0.2, 0) is 0 Å². The summed E-state index contributed by atoms with van der Waals surface area (Å²) in [7, 11) is 1.65. The first kappa shape index (κ1) is 14.1. The maximum Gasteiger partial charge on any atom is 0.259 e. The van der Waals surface area contributed by atoms with Crippen molar-refractivity contribution in [1.82, 2.24) is 0 Å². The van der Waals surface area contributed by atoms with E-state index in [-0.39, 0.29) is 11.9 Å². The molecule has 2 aliphatic rings. The lowest BCUT2D eigenvalue weighted by Crippen LogP contribution is -2.46. The van der Waals surface area contributed by atoms with Crippen molar-refractivity contribution < 1.29 is 9.53 Å². The Bertz CT molecular complexity index is 776. The van der Waals surface area contributed by atoms with E-state index in [0.717, 1.165) is 41.8 Å². The van der Waals surface area contributed by atoms with Crippen molar-refractivity contribution in [2.75, 3.05) is 12.0 Å². The first-order valence-corrected chi connectivity index (χ1v) is 8.06. The van der Waals surface area contributed by atoms with Gasteiger partial charge in [-0.15, -0.1) is 0 Å². The standard InChI is InChI=1S/C20H19NO2/c1-23-15-12-10-14(11-13-15)21-19-9-5-4-7-17(19)16-6-2-3-8-18(16)20(21)22/h2-3,6-8,10-13,19H,4-5,9H2,1H3/t19-/m1/s1. The van der Waals surface area contributed by atoms with Crippen LogP contribution in [0.2, 0.25) is 0 Å². The summed E-state index contributed by atoms with van der Waals surface area (Å²) < 4.78 is 5.23. The molecule has 0 radical (unpaired) electrons. The van der Waals surface area contributed by atoms with Crippen molar-refractivity contribution in [3.63, 3.8) is 0 Å². The number of hydrogen-bond donors (Lipinski definition) is 0. The maximum atomic E-state index is 13.1. The van der Waals surface area contributed by atoms with E-state index in [0.29, 0.717) is 0 Å². The second-order valence-corrected chi connectivity index (χ2v) is 6.02. The predicted molar refractivity (Wildman–Crippen MR) is 91.9 cm³/mol. The van der Waals surface area contributed by atoms with Gasteiger partial charge in [-0.05, 0) is 60.7 Å². The lowest BCUT2D eigenvalue weighted by molar-refractivity contribution is 0.0976. The first-order chi connectivity index (χ1) is 11.3. The molecule has 1 aliphatic heterocycles. The molecule has 1 heterocycles. The van der Waals surface area contributed by atoms with Gasteiger partial charge in [0.15, 0.2) is 0 Å². The molecule has 0 fully saturated rings.